The van der Waals surface area contributed by atoms with Crippen LogP contribution in [0.4, 0.5) is 0 Å². The number of methoxy groups -OCH3 is 2. The standard InChI is InChI=1S/C32H41NO6S/c1-36-26-15-13-25(14-16-26)24-11-9-23(10-12-24)22-39-29-21-28(34)31(33-17-19-38-20-18-33)27(29)7-5-4-6-8-30(40-3)32(35)37-2/h4,6,9-16,27,29-31H,5,7-8,17-22H2,1-3H3/t27-,29-,30?,31+/m0/s1. The Morgan fingerprint density at radius 2 is 1.73 bits per heavy atom. The summed E-state index contributed by atoms with van der Waals surface area (Å²) >= 11 is 1.50. The molecule has 8 heteroatoms. The van der Waals surface area contributed by atoms with Gasteiger partial charge in [0.2, 0.25) is 0 Å². The summed E-state index contributed by atoms with van der Waals surface area (Å²) in [6.07, 6.45) is 8.74. The zero-order chi connectivity index (χ0) is 28.3. The van der Waals surface area contributed by atoms with Gasteiger partial charge in [-0.25, -0.2) is 0 Å². The molecular formula is C32H41NO6S. The smallest absolute Gasteiger partial charge is 0.319 e. The van der Waals surface area contributed by atoms with Gasteiger partial charge >= 0.3 is 5.97 Å². The van der Waals surface area contributed by atoms with Gasteiger partial charge in [-0.2, -0.15) is 0 Å². The van der Waals surface area contributed by atoms with E-state index >= 15 is 0 Å². The SMILES string of the molecule is COC(=O)C(CC=CCC[C@H]1[C@@H](OCc2ccc(-c3ccc(OC)cc3)cc2)CC(=O)[C@@H]1N1CCOCC1)SC. The van der Waals surface area contributed by atoms with E-state index in [1.54, 1.807) is 7.11 Å². The number of rotatable bonds is 13. The van der Waals surface area contributed by atoms with Gasteiger partial charge < -0.3 is 18.9 Å². The van der Waals surface area contributed by atoms with Crippen LogP contribution in [0.2, 0.25) is 0 Å². The van der Waals surface area contributed by atoms with Crippen LogP contribution in [0.1, 0.15) is 31.2 Å². The molecule has 40 heavy (non-hydrogen) atoms. The molecule has 216 valence electrons. The van der Waals surface area contributed by atoms with E-state index in [1.165, 1.54) is 18.9 Å². The molecule has 0 spiro atoms. The Balaban J connectivity index is 1.38. The number of ketones is 1. The van der Waals surface area contributed by atoms with Crippen molar-refractivity contribution in [2.45, 2.75) is 49.7 Å². The molecule has 4 rings (SSSR count). The van der Waals surface area contributed by atoms with Gasteiger partial charge in [-0.15, -0.1) is 11.8 Å². The van der Waals surface area contributed by atoms with E-state index in [4.69, 9.17) is 18.9 Å². The Kier molecular flexibility index (Phi) is 11.7. The molecule has 2 aromatic rings. The predicted molar refractivity (Wildman–Crippen MR) is 159 cm³/mol. The van der Waals surface area contributed by atoms with Gasteiger partial charge in [0.15, 0.2) is 5.78 Å². The Bertz CT molecular complexity index is 1110. The van der Waals surface area contributed by atoms with Crippen LogP contribution in [0.3, 0.4) is 0 Å². The highest BCUT2D eigenvalue weighted by Gasteiger charge is 2.45. The average molecular weight is 568 g/mol. The molecule has 0 amide bonds. The van der Waals surface area contributed by atoms with E-state index in [9.17, 15) is 9.59 Å². The van der Waals surface area contributed by atoms with Gasteiger partial charge in [0.05, 0.1) is 46.2 Å². The van der Waals surface area contributed by atoms with Crippen molar-refractivity contribution in [3.05, 3.63) is 66.2 Å². The van der Waals surface area contributed by atoms with Crippen molar-refractivity contribution in [1.82, 2.24) is 4.90 Å². The highest BCUT2D eigenvalue weighted by molar-refractivity contribution is 7.99. The third-order valence-corrected chi connectivity index (χ3v) is 8.78. The van der Waals surface area contributed by atoms with Crippen molar-refractivity contribution in [3.8, 4) is 16.9 Å². The number of hydrogen-bond donors (Lipinski definition) is 0. The second-order valence-corrected chi connectivity index (χ2v) is 11.3. The van der Waals surface area contributed by atoms with Crippen molar-refractivity contribution in [1.29, 1.82) is 0 Å². The number of ether oxygens (including phenoxy) is 4. The molecule has 2 aliphatic rings. The number of esters is 1. The van der Waals surface area contributed by atoms with Crippen LogP contribution in [0.5, 0.6) is 5.75 Å². The molecule has 7 nitrogen and oxygen atoms in total. The van der Waals surface area contributed by atoms with Crippen LogP contribution in [0.15, 0.2) is 60.7 Å². The summed E-state index contributed by atoms with van der Waals surface area (Å²) in [5, 5.41) is -0.192. The highest BCUT2D eigenvalue weighted by Crippen LogP contribution is 2.35. The van der Waals surface area contributed by atoms with Crippen LogP contribution >= 0.6 is 11.8 Å². The highest BCUT2D eigenvalue weighted by atomic mass is 32.2. The minimum atomic E-state index is -0.198. The fraction of sp³-hybridized carbons (Fsp3) is 0.500. The Labute approximate surface area is 242 Å². The molecule has 1 aliphatic carbocycles. The van der Waals surface area contributed by atoms with Gasteiger partial charge in [0, 0.05) is 25.4 Å². The van der Waals surface area contributed by atoms with Gasteiger partial charge in [0.1, 0.15) is 11.0 Å². The average Bonchev–Trinajstić information content (AvgIpc) is 3.32. The number of morpholine rings is 1. The second kappa shape index (κ2) is 15.4. The fourth-order valence-electron chi connectivity index (χ4n) is 5.60. The first-order chi connectivity index (χ1) is 19.5. The number of carbonyl (C=O) groups excluding carboxylic acids is 2. The molecular weight excluding hydrogens is 526 g/mol. The third kappa shape index (κ3) is 7.97. The molecule has 0 N–H and O–H groups in total. The van der Waals surface area contributed by atoms with Crippen molar-refractivity contribution < 1.29 is 28.5 Å². The first-order valence-electron chi connectivity index (χ1n) is 14.0. The quantitative estimate of drug-likeness (QED) is 0.243. The van der Waals surface area contributed by atoms with E-state index in [1.807, 2.05) is 18.4 Å². The van der Waals surface area contributed by atoms with Crippen molar-refractivity contribution in [2.75, 3.05) is 46.8 Å². The van der Waals surface area contributed by atoms with Crippen molar-refractivity contribution in [2.24, 2.45) is 5.92 Å². The molecule has 0 aromatic heterocycles. The normalized spacial score (nSPS) is 22.5. The maximum absolute atomic E-state index is 13.2. The zero-order valence-electron chi connectivity index (χ0n) is 23.8. The molecule has 0 bridgehead atoms. The number of carbonyl (C=O) groups is 2. The zero-order valence-corrected chi connectivity index (χ0v) is 24.6. The van der Waals surface area contributed by atoms with Crippen LogP contribution in [0, 0.1) is 5.92 Å². The molecule has 0 radical (unpaired) electrons. The van der Waals surface area contributed by atoms with E-state index in [-0.39, 0.29) is 35.1 Å². The van der Waals surface area contributed by atoms with Crippen LogP contribution in [-0.4, -0.2) is 80.8 Å². The number of hydrogen-bond acceptors (Lipinski definition) is 8. The molecule has 1 saturated carbocycles. The second-order valence-electron chi connectivity index (χ2n) is 10.2. The first-order valence-corrected chi connectivity index (χ1v) is 15.3. The lowest BCUT2D eigenvalue weighted by Crippen LogP contribution is -2.49. The van der Waals surface area contributed by atoms with Gasteiger partial charge in [-0.05, 0) is 54.3 Å². The number of thioether (sulfide) groups is 1. The van der Waals surface area contributed by atoms with E-state index in [0.29, 0.717) is 32.7 Å². The van der Waals surface area contributed by atoms with Crippen LogP contribution in [-0.2, 0) is 30.4 Å². The van der Waals surface area contributed by atoms with Crippen LogP contribution in [0.25, 0.3) is 11.1 Å². The van der Waals surface area contributed by atoms with Crippen LogP contribution < -0.4 is 4.74 Å². The monoisotopic (exact) mass is 567 g/mol. The molecule has 1 aliphatic heterocycles. The van der Waals surface area contributed by atoms with Gasteiger partial charge in [-0.3, -0.25) is 14.5 Å². The summed E-state index contributed by atoms with van der Waals surface area (Å²) in [4.78, 5) is 27.4. The lowest BCUT2D eigenvalue weighted by molar-refractivity contribution is -0.139. The van der Waals surface area contributed by atoms with Crippen molar-refractivity contribution >= 4 is 23.5 Å². The number of Topliss-reactive ketones (excluding diaryl/α,β-unsaturated/α-hetero) is 1. The van der Waals surface area contributed by atoms with E-state index in [0.717, 1.165) is 48.4 Å². The summed E-state index contributed by atoms with van der Waals surface area (Å²) in [6.45, 7) is 3.34. The Morgan fingerprint density at radius 1 is 1.05 bits per heavy atom. The topological polar surface area (TPSA) is 74.3 Å². The minimum Gasteiger partial charge on any atom is -0.497 e. The van der Waals surface area contributed by atoms with Gasteiger partial charge in [0.25, 0.3) is 0 Å². The Morgan fingerprint density at radius 3 is 2.35 bits per heavy atom. The molecule has 2 aromatic carbocycles. The maximum Gasteiger partial charge on any atom is 0.319 e. The summed E-state index contributed by atoms with van der Waals surface area (Å²) in [7, 11) is 3.09. The van der Waals surface area contributed by atoms with Gasteiger partial charge in [-0.1, -0.05) is 48.6 Å². The lowest BCUT2D eigenvalue weighted by atomic mass is 9.93. The molecule has 1 saturated heterocycles. The number of allylic oxidation sites excluding steroid dienone is 2. The molecule has 2 fully saturated rings. The minimum absolute atomic E-state index is 0.116. The lowest BCUT2D eigenvalue weighted by Gasteiger charge is -2.35. The third-order valence-electron chi connectivity index (χ3n) is 7.83. The predicted octanol–water partition coefficient (Wildman–Crippen LogP) is 5.17. The molecule has 1 unspecified atom stereocenters. The fourth-order valence-corrected chi connectivity index (χ4v) is 6.19. The Hall–Kier alpha value is -2.65. The summed E-state index contributed by atoms with van der Waals surface area (Å²) < 4.78 is 22.1. The summed E-state index contributed by atoms with van der Waals surface area (Å²) in [6, 6.07) is 16.3. The maximum atomic E-state index is 13.2. The van der Waals surface area contributed by atoms with E-state index in [2.05, 4.69) is 53.5 Å². The molecule has 1 heterocycles. The first kappa shape index (κ1) is 30.3. The summed E-state index contributed by atoms with van der Waals surface area (Å²) in [5.41, 5.74) is 3.35. The molecule has 4 atom stereocenters. The largest absolute Gasteiger partial charge is 0.497 e. The van der Waals surface area contributed by atoms with Crippen molar-refractivity contribution in [3.63, 3.8) is 0 Å². The number of benzene rings is 2. The number of nitrogens with zero attached hydrogens (tertiary/aromatic N) is 1. The van der Waals surface area contributed by atoms with E-state index < -0.39 is 0 Å². The summed E-state index contributed by atoms with van der Waals surface area (Å²) in [5.74, 6) is 1.02.